The maximum absolute atomic E-state index is 12.0. The molecule has 1 aliphatic rings. The Morgan fingerprint density at radius 3 is 2.50 bits per heavy atom. The second-order valence-electron chi connectivity index (χ2n) is 5.98. The highest BCUT2D eigenvalue weighted by Gasteiger charge is 2.25. The summed E-state index contributed by atoms with van der Waals surface area (Å²) >= 11 is 0. The molecule has 5 nitrogen and oxygen atoms in total. The third-order valence-electron chi connectivity index (χ3n) is 4.21. The number of urea groups is 1. The van der Waals surface area contributed by atoms with Crippen LogP contribution in [-0.4, -0.2) is 41.6 Å². The van der Waals surface area contributed by atoms with E-state index in [9.17, 15) is 9.59 Å². The normalized spacial score (nSPS) is 22.6. The summed E-state index contributed by atoms with van der Waals surface area (Å²) in [7, 11) is 0. The van der Waals surface area contributed by atoms with Crippen LogP contribution in [0.3, 0.4) is 0 Å². The molecular formula is C15H28N2O3. The van der Waals surface area contributed by atoms with Gasteiger partial charge in [0.1, 0.15) is 0 Å². The molecule has 5 heteroatoms. The van der Waals surface area contributed by atoms with E-state index in [1.54, 1.807) is 0 Å². The zero-order chi connectivity index (χ0) is 15.0. The van der Waals surface area contributed by atoms with E-state index >= 15 is 0 Å². The summed E-state index contributed by atoms with van der Waals surface area (Å²) in [4.78, 5) is 24.2. The summed E-state index contributed by atoms with van der Waals surface area (Å²) < 4.78 is 0. The highest BCUT2D eigenvalue weighted by Crippen LogP contribution is 2.22. The number of nitrogens with zero attached hydrogens (tertiary/aromatic N) is 1. The standard InChI is InChI=1S/C15H28N2O3/c1-12-8-10-17(11-13(12)2)15(20)16-9-6-4-3-5-7-14(18)19/h12-13H,3-11H2,1-2H3,(H,16,20)(H,18,19). The zero-order valence-corrected chi connectivity index (χ0v) is 12.7. The molecule has 0 aromatic carbocycles. The van der Waals surface area contributed by atoms with Crippen LogP contribution < -0.4 is 5.32 Å². The lowest BCUT2D eigenvalue weighted by molar-refractivity contribution is -0.137. The lowest BCUT2D eigenvalue weighted by Crippen LogP contribution is -2.47. The van der Waals surface area contributed by atoms with Crippen LogP contribution in [0.5, 0.6) is 0 Å². The Morgan fingerprint density at radius 1 is 1.15 bits per heavy atom. The van der Waals surface area contributed by atoms with Gasteiger partial charge in [0.25, 0.3) is 0 Å². The third kappa shape index (κ3) is 6.26. The van der Waals surface area contributed by atoms with Gasteiger partial charge in [-0.15, -0.1) is 0 Å². The Bertz CT molecular complexity index is 320. The van der Waals surface area contributed by atoms with Gasteiger partial charge in [0.2, 0.25) is 0 Å². The first-order valence-corrected chi connectivity index (χ1v) is 7.75. The molecule has 2 atom stereocenters. The van der Waals surface area contributed by atoms with Crippen LogP contribution >= 0.6 is 0 Å². The Labute approximate surface area is 121 Å². The molecule has 2 N–H and O–H groups in total. The minimum absolute atomic E-state index is 0.0503. The van der Waals surface area contributed by atoms with E-state index in [0.29, 0.717) is 18.4 Å². The van der Waals surface area contributed by atoms with Gasteiger partial charge >= 0.3 is 12.0 Å². The van der Waals surface area contributed by atoms with E-state index in [2.05, 4.69) is 19.2 Å². The first kappa shape index (κ1) is 16.8. The van der Waals surface area contributed by atoms with E-state index in [-0.39, 0.29) is 12.5 Å². The van der Waals surface area contributed by atoms with Crippen molar-refractivity contribution in [2.75, 3.05) is 19.6 Å². The average molecular weight is 284 g/mol. The molecule has 0 aromatic rings. The lowest BCUT2D eigenvalue weighted by Gasteiger charge is -2.35. The number of hydrogen-bond acceptors (Lipinski definition) is 2. The monoisotopic (exact) mass is 284 g/mol. The molecule has 0 aliphatic carbocycles. The highest BCUT2D eigenvalue weighted by atomic mass is 16.4. The van der Waals surface area contributed by atoms with Gasteiger partial charge in [-0.25, -0.2) is 4.79 Å². The molecule has 1 fully saturated rings. The van der Waals surface area contributed by atoms with Crippen LogP contribution in [0, 0.1) is 11.8 Å². The van der Waals surface area contributed by atoms with Crippen LogP contribution in [0.15, 0.2) is 0 Å². The molecule has 1 heterocycles. The second-order valence-corrected chi connectivity index (χ2v) is 5.98. The molecule has 1 rings (SSSR count). The van der Waals surface area contributed by atoms with Crippen molar-refractivity contribution in [1.29, 1.82) is 0 Å². The number of likely N-dealkylation sites (tertiary alicyclic amines) is 1. The number of hydrogen-bond donors (Lipinski definition) is 2. The summed E-state index contributed by atoms with van der Waals surface area (Å²) in [5.41, 5.74) is 0. The minimum atomic E-state index is -0.730. The zero-order valence-electron chi connectivity index (χ0n) is 12.7. The summed E-state index contributed by atoms with van der Waals surface area (Å²) in [5.74, 6) is 0.547. The number of carboxylic acids is 1. The topological polar surface area (TPSA) is 69.6 Å². The molecule has 0 aromatic heterocycles. The molecule has 0 saturated carbocycles. The maximum atomic E-state index is 12.0. The van der Waals surface area contributed by atoms with Crippen molar-refractivity contribution in [3.8, 4) is 0 Å². The van der Waals surface area contributed by atoms with Crippen LogP contribution in [0.25, 0.3) is 0 Å². The van der Waals surface area contributed by atoms with Crippen LogP contribution in [0.1, 0.15) is 52.4 Å². The number of carbonyl (C=O) groups excluding carboxylic acids is 1. The number of nitrogens with one attached hydrogen (secondary N) is 1. The van der Waals surface area contributed by atoms with Crippen LogP contribution in [-0.2, 0) is 4.79 Å². The van der Waals surface area contributed by atoms with Crippen molar-refractivity contribution in [2.24, 2.45) is 11.8 Å². The van der Waals surface area contributed by atoms with E-state index < -0.39 is 5.97 Å². The van der Waals surface area contributed by atoms with E-state index in [0.717, 1.165) is 45.2 Å². The molecule has 116 valence electrons. The van der Waals surface area contributed by atoms with Gasteiger partial charge in [0, 0.05) is 26.1 Å². The molecule has 0 bridgehead atoms. The largest absolute Gasteiger partial charge is 0.481 e. The van der Waals surface area contributed by atoms with Gasteiger partial charge in [-0.2, -0.15) is 0 Å². The first-order valence-electron chi connectivity index (χ1n) is 7.75. The highest BCUT2D eigenvalue weighted by molar-refractivity contribution is 5.74. The van der Waals surface area contributed by atoms with Crippen LogP contribution in [0.2, 0.25) is 0 Å². The molecule has 1 aliphatic heterocycles. The number of unbranched alkanes of at least 4 members (excludes halogenated alkanes) is 3. The van der Waals surface area contributed by atoms with Crippen molar-refractivity contribution in [1.82, 2.24) is 10.2 Å². The van der Waals surface area contributed by atoms with Crippen molar-refractivity contribution in [3.63, 3.8) is 0 Å². The second kappa shape index (κ2) is 8.82. The van der Waals surface area contributed by atoms with Gasteiger partial charge in [0.05, 0.1) is 0 Å². The first-order chi connectivity index (χ1) is 9.50. The fraction of sp³-hybridized carbons (Fsp3) is 0.867. The fourth-order valence-electron chi connectivity index (χ4n) is 2.51. The smallest absolute Gasteiger partial charge is 0.317 e. The van der Waals surface area contributed by atoms with E-state index in [4.69, 9.17) is 5.11 Å². The fourth-order valence-corrected chi connectivity index (χ4v) is 2.51. The summed E-state index contributed by atoms with van der Waals surface area (Å²) in [5, 5.41) is 11.5. The molecular weight excluding hydrogens is 256 g/mol. The number of piperidine rings is 1. The SMILES string of the molecule is CC1CCN(C(=O)NCCCCCCC(=O)O)CC1C. The van der Waals surface area contributed by atoms with Gasteiger partial charge in [-0.05, 0) is 31.1 Å². The predicted octanol–water partition coefficient (Wildman–Crippen LogP) is 2.71. The van der Waals surface area contributed by atoms with Crippen molar-refractivity contribution >= 4 is 12.0 Å². The molecule has 0 radical (unpaired) electrons. The summed E-state index contributed by atoms with van der Waals surface area (Å²) in [6, 6.07) is 0.0503. The number of amides is 2. The number of aliphatic carboxylic acids is 1. The Balaban J connectivity index is 2.04. The van der Waals surface area contributed by atoms with Gasteiger partial charge in [0.15, 0.2) is 0 Å². The molecule has 0 spiro atoms. The molecule has 1 saturated heterocycles. The predicted molar refractivity (Wildman–Crippen MR) is 78.6 cm³/mol. The molecule has 2 unspecified atom stereocenters. The van der Waals surface area contributed by atoms with Crippen molar-refractivity contribution in [2.45, 2.75) is 52.4 Å². The van der Waals surface area contributed by atoms with Gasteiger partial charge < -0.3 is 15.3 Å². The number of carboxylic acid groups (broad SMARTS) is 1. The number of rotatable bonds is 7. The Morgan fingerprint density at radius 2 is 1.85 bits per heavy atom. The quantitative estimate of drug-likeness (QED) is 0.706. The maximum Gasteiger partial charge on any atom is 0.317 e. The van der Waals surface area contributed by atoms with E-state index in [1.807, 2.05) is 4.90 Å². The Hall–Kier alpha value is -1.26. The van der Waals surface area contributed by atoms with E-state index in [1.165, 1.54) is 0 Å². The lowest BCUT2D eigenvalue weighted by atomic mass is 9.89. The minimum Gasteiger partial charge on any atom is -0.481 e. The van der Waals surface area contributed by atoms with Gasteiger partial charge in [-0.1, -0.05) is 26.7 Å². The third-order valence-corrected chi connectivity index (χ3v) is 4.21. The molecule has 20 heavy (non-hydrogen) atoms. The summed E-state index contributed by atoms with van der Waals surface area (Å²) in [6.07, 6.45) is 4.87. The van der Waals surface area contributed by atoms with Gasteiger partial charge in [-0.3, -0.25) is 4.79 Å². The van der Waals surface area contributed by atoms with Crippen LogP contribution in [0.4, 0.5) is 4.79 Å². The Kier molecular flexibility index (Phi) is 7.41. The van der Waals surface area contributed by atoms with Crippen molar-refractivity contribution in [3.05, 3.63) is 0 Å². The number of carbonyl (C=O) groups is 2. The van der Waals surface area contributed by atoms with Crippen molar-refractivity contribution < 1.29 is 14.7 Å². The summed E-state index contributed by atoms with van der Waals surface area (Å²) in [6.45, 7) is 6.84. The molecule has 2 amide bonds. The average Bonchev–Trinajstić information content (AvgIpc) is 2.40.